The lowest BCUT2D eigenvalue weighted by Gasteiger charge is -2.22. The van der Waals surface area contributed by atoms with Gasteiger partial charge in [-0.2, -0.15) is 0 Å². The SMILES string of the molecule is CO/N=C(\N)c1cccc(CC(NC2=NCCO2)c2ccccc2OC)c1. The molecule has 0 radical (unpaired) electrons. The van der Waals surface area contributed by atoms with Gasteiger partial charge < -0.3 is 25.4 Å². The number of para-hydroxylation sites is 1. The van der Waals surface area contributed by atoms with E-state index in [9.17, 15) is 0 Å². The molecule has 1 heterocycles. The number of nitrogens with zero attached hydrogens (tertiary/aromatic N) is 2. The van der Waals surface area contributed by atoms with E-state index in [0.29, 0.717) is 31.4 Å². The minimum atomic E-state index is -0.0751. The molecule has 27 heavy (non-hydrogen) atoms. The van der Waals surface area contributed by atoms with Crippen molar-refractivity contribution in [2.45, 2.75) is 12.5 Å². The summed E-state index contributed by atoms with van der Waals surface area (Å²) in [6, 6.07) is 16.3. The molecule has 1 atom stereocenters. The van der Waals surface area contributed by atoms with Crippen LogP contribution < -0.4 is 15.8 Å². The summed E-state index contributed by atoms with van der Waals surface area (Å²) >= 11 is 0. The zero-order valence-electron chi connectivity index (χ0n) is 15.5. The van der Waals surface area contributed by atoms with E-state index in [4.69, 9.17) is 20.0 Å². The summed E-state index contributed by atoms with van der Waals surface area (Å²) in [6.45, 7) is 1.26. The highest BCUT2D eigenvalue weighted by Crippen LogP contribution is 2.28. The number of nitrogens with two attached hydrogens (primary N) is 1. The fraction of sp³-hybridized carbons (Fsp3) is 0.300. The smallest absolute Gasteiger partial charge is 0.285 e. The minimum Gasteiger partial charge on any atom is -0.496 e. The summed E-state index contributed by atoms with van der Waals surface area (Å²) in [7, 11) is 3.14. The van der Waals surface area contributed by atoms with E-state index in [1.165, 1.54) is 7.11 Å². The number of hydrogen-bond acceptors (Lipinski definition) is 6. The molecule has 0 spiro atoms. The van der Waals surface area contributed by atoms with Crippen molar-refractivity contribution in [1.82, 2.24) is 5.32 Å². The zero-order chi connectivity index (χ0) is 19.1. The maximum Gasteiger partial charge on any atom is 0.285 e. The molecule has 7 heteroatoms. The normalized spacial score (nSPS) is 14.9. The third kappa shape index (κ3) is 4.69. The summed E-state index contributed by atoms with van der Waals surface area (Å²) in [5, 5.41) is 7.19. The lowest BCUT2D eigenvalue weighted by atomic mass is 9.97. The summed E-state index contributed by atoms with van der Waals surface area (Å²) in [5.74, 6) is 1.15. The van der Waals surface area contributed by atoms with E-state index in [-0.39, 0.29) is 6.04 Å². The van der Waals surface area contributed by atoms with Crippen molar-refractivity contribution in [1.29, 1.82) is 0 Å². The van der Waals surface area contributed by atoms with E-state index in [1.807, 2.05) is 48.5 Å². The molecule has 142 valence electrons. The standard InChI is InChI=1S/C20H24N4O3/c1-25-18-9-4-3-8-16(18)17(23-20-22-10-11-27-20)13-14-6-5-7-15(12-14)19(21)24-26-2/h3-9,12,17H,10-11,13H2,1-2H3,(H2,21,24)(H,22,23). The number of aliphatic imine (C=N–C) groups is 1. The summed E-state index contributed by atoms with van der Waals surface area (Å²) in [5.41, 5.74) is 8.87. The Morgan fingerprint density at radius 3 is 2.85 bits per heavy atom. The molecule has 0 aromatic heterocycles. The predicted octanol–water partition coefficient (Wildman–Crippen LogP) is 2.22. The summed E-state index contributed by atoms with van der Waals surface area (Å²) < 4.78 is 11.1. The van der Waals surface area contributed by atoms with Gasteiger partial charge in [0.2, 0.25) is 0 Å². The van der Waals surface area contributed by atoms with Crippen molar-refractivity contribution in [3.8, 4) is 5.75 Å². The first kappa shape index (κ1) is 18.6. The molecule has 1 aliphatic heterocycles. The fourth-order valence-corrected chi connectivity index (χ4v) is 3.01. The molecule has 1 aliphatic rings. The van der Waals surface area contributed by atoms with Crippen LogP contribution >= 0.6 is 0 Å². The van der Waals surface area contributed by atoms with Crippen LogP contribution in [0, 0.1) is 0 Å². The maximum absolute atomic E-state index is 5.94. The Morgan fingerprint density at radius 2 is 2.11 bits per heavy atom. The van der Waals surface area contributed by atoms with Crippen LogP contribution in [0.5, 0.6) is 5.75 Å². The van der Waals surface area contributed by atoms with Crippen LogP contribution in [0.4, 0.5) is 0 Å². The van der Waals surface area contributed by atoms with E-state index in [2.05, 4.69) is 15.5 Å². The topological polar surface area (TPSA) is 90.5 Å². The van der Waals surface area contributed by atoms with Gasteiger partial charge in [0.25, 0.3) is 6.02 Å². The van der Waals surface area contributed by atoms with Crippen LogP contribution in [0.3, 0.4) is 0 Å². The maximum atomic E-state index is 5.94. The summed E-state index contributed by atoms with van der Waals surface area (Å²) in [4.78, 5) is 9.12. The van der Waals surface area contributed by atoms with Gasteiger partial charge >= 0.3 is 0 Å². The largest absolute Gasteiger partial charge is 0.496 e. The highest BCUT2D eigenvalue weighted by Gasteiger charge is 2.20. The number of rotatable bonds is 7. The Hall–Kier alpha value is -3.22. The Bertz CT molecular complexity index is 835. The van der Waals surface area contributed by atoms with Crippen LogP contribution in [0.15, 0.2) is 58.7 Å². The lowest BCUT2D eigenvalue weighted by Crippen LogP contribution is -2.30. The van der Waals surface area contributed by atoms with Gasteiger partial charge in [-0.05, 0) is 24.1 Å². The van der Waals surface area contributed by atoms with Crippen molar-refractivity contribution in [2.24, 2.45) is 15.9 Å². The van der Waals surface area contributed by atoms with Gasteiger partial charge in [0.05, 0.1) is 19.7 Å². The Labute approximate surface area is 158 Å². The van der Waals surface area contributed by atoms with E-state index < -0.39 is 0 Å². The number of ether oxygens (including phenoxy) is 2. The molecule has 7 nitrogen and oxygen atoms in total. The first-order valence-electron chi connectivity index (χ1n) is 8.74. The monoisotopic (exact) mass is 368 g/mol. The van der Waals surface area contributed by atoms with Gasteiger partial charge in [-0.25, -0.2) is 4.99 Å². The number of methoxy groups -OCH3 is 1. The zero-order valence-corrected chi connectivity index (χ0v) is 15.5. The number of benzene rings is 2. The van der Waals surface area contributed by atoms with Crippen LogP contribution in [0.25, 0.3) is 0 Å². The third-order valence-corrected chi connectivity index (χ3v) is 4.25. The average molecular weight is 368 g/mol. The molecule has 2 aromatic carbocycles. The number of oxime groups is 1. The molecule has 0 amide bonds. The van der Waals surface area contributed by atoms with Crippen molar-refractivity contribution in [3.05, 3.63) is 65.2 Å². The van der Waals surface area contributed by atoms with E-state index in [1.54, 1.807) is 7.11 Å². The number of nitrogens with one attached hydrogen (secondary N) is 1. The number of amidine groups is 2. The molecular formula is C20H24N4O3. The Morgan fingerprint density at radius 1 is 1.26 bits per heavy atom. The van der Waals surface area contributed by atoms with Crippen LogP contribution in [-0.2, 0) is 16.0 Å². The van der Waals surface area contributed by atoms with Gasteiger partial charge in [-0.15, -0.1) is 0 Å². The Balaban J connectivity index is 1.89. The molecule has 0 saturated heterocycles. The lowest BCUT2D eigenvalue weighted by molar-refractivity contribution is 0.213. The second-order valence-corrected chi connectivity index (χ2v) is 6.04. The molecule has 3 N–H and O–H groups in total. The second kappa shape index (κ2) is 8.93. The van der Waals surface area contributed by atoms with Crippen LogP contribution in [0.2, 0.25) is 0 Å². The Kier molecular flexibility index (Phi) is 6.14. The molecule has 0 aliphatic carbocycles. The number of hydrogen-bond donors (Lipinski definition) is 2. The molecular weight excluding hydrogens is 344 g/mol. The van der Waals surface area contributed by atoms with Gasteiger partial charge in [0.1, 0.15) is 19.5 Å². The second-order valence-electron chi connectivity index (χ2n) is 6.04. The highest BCUT2D eigenvalue weighted by atomic mass is 16.6. The third-order valence-electron chi connectivity index (χ3n) is 4.25. The van der Waals surface area contributed by atoms with Crippen molar-refractivity contribution in [2.75, 3.05) is 27.4 Å². The summed E-state index contributed by atoms with van der Waals surface area (Å²) in [6.07, 6.45) is 0.691. The molecule has 0 bridgehead atoms. The van der Waals surface area contributed by atoms with Crippen LogP contribution in [0.1, 0.15) is 22.7 Å². The van der Waals surface area contributed by atoms with E-state index in [0.717, 1.165) is 22.4 Å². The molecule has 1 unspecified atom stereocenters. The molecule has 2 aromatic rings. The fourth-order valence-electron chi connectivity index (χ4n) is 3.01. The van der Waals surface area contributed by atoms with Gasteiger partial charge in [-0.1, -0.05) is 41.6 Å². The van der Waals surface area contributed by atoms with Gasteiger partial charge in [-0.3, -0.25) is 0 Å². The first-order chi connectivity index (χ1) is 13.2. The highest BCUT2D eigenvalue weighted by molar-refractivity contribution is 5.97. The molecule has 0 saturated carbocycles. The van der Waals surface area contributed by atoms with Crippen molar-refractivity contribution in [3.63, 3.8) is 0 Å². The average Bonchev–Trinajstić information content (AvgIpc) is 3.21. The molecule has 0 fully saturated rings. The van der Waals surface area contributed by atoms with Crippen LogP contribution in [-0.4, -0.2) is 39.2 Å². The van der Waals surface area contributed by atoms with Crippen molar-refractivity contribution < 1.29 is 14.3 Å². The molecule has 3 rings (SSSR count). The minimum absolute atomic E-state index is 0.0751. The van der Waals surface area contributed by atoms with E-state index >= 15 is 0 Å². The first-order valence-corrected chi connectivity index (χ1v) is 8.74. The predicted molar refractivity (Wildman–Crippen MR) is 105 cm³/mol. The quantitative estimate of drug-likeness (QED) is 0.444. The van der Waals surface area contributed by atoms with Gasteiger partial charge in [0, 0.05) is 11.1 Å². The van der Waals surface area contributed by atoms with Crippen molar-refractivity contribution >= 4 is 11.9 Å². The van der Waals surface area contributed by atoms with Gasteiger partial charge in [0.15, 0.2) is 5.84 Å².